The minimum Gasteiger partial charge on any atom is -0.493 e. The summed E-state index contributed by atoms with van der Waals surface area (Å²) in [6.45, 7) is 5.72. The van der Waals surface area contributed by atoms with Gasteiger partial charge in [0, 0.05) is 46.3 Å². The molecule has 2 aromatic rings. The Kier molecular flexibility index (Phi) is 8.50. The maximum absolute atomic E-state index is 12.7. The fourth-order valence-electron chi connectivity index (χ4n) is 3.69. The summed E-state index contributed by atoms with van der Waals surface area (Å²) in [7, 11) is 5.09. The summed E-state index contributed by atoms with van der Waals surface area (Å²) in [6.07, 6.45) is 4.38. The zero-order valence-electron chi connectivity index (χ0n) is 18.8. The van der Waals surface area contributed by atoms with Gasteiger partial charge < -0.3 is 14.4 Å². The monoisotopic (exact) mass is 423 g/mol. The van der Waals surface area contributed by atoms with E-state index in [1.54, 1.807) is 19.1 Å². The molecule has 31 heavy (non-hydrogen) atoms. The predicted octanol–water partition coefficient (Wildman–Crippen LogP) is 2.99. The number of hydrogen-bond acceptors (Lipinski definition) is 5. The molecular weight excluding hydrogens is 390 g/mol. The molecule has 0 N–H and O–H groups in total. The first kappa shape index (κ1) is 22.8. The normalized spacial score (nSPS) is 15.2. The zero-order valence-corrected chi connectivity index (χ0v) is 18.8. The maximum atomic E-state index is 12.7. The summed E-state index contributed by atoms with van der Waals surface area (Å²) < 4.78 is 10.6. The van der Waals surface area contributed by atoms with Crippen LogP contribution in [0.1, 0.15) is 11.1 Å². The van der Waals surface area contributed by atoms with E-state index in [4.69, 9.17) is 9.47 Å². The van der Waals surface area contributed by atoms with Gasteiger partial charge in [-0.05, 0) is 23.3 Å². The first-order valence-electron chi connectivity index (χ1n) is 10.7. The molecule has 0 radical (unpaired) electrons. The first-order valence-corrected chi connectivity index (χ1v) is 10.7. The van der Waals surface area contributed by atoms with E-state index in [9.17, 15) is 4.79 Å². The van der Waals surface area contributed by atoms with Crippen molar-refractivity contribution >= 4 is 12.0 Å². The van der Waals surface area contributed by atoms with E-state index >= 15 is 0 Å². The van der Waals surface area contributed by atoms with Crippen molar-refractivity contribution in [3.05, 3.63) is 65.7 Å². The number of ether oxygens (including phenoxy) is 2. The molecule has 0 unspecified atom stereocenters. The zero-order chi connectivity index (χ0) is 22.1. The number of nitrogens with zero attached hydrogens (tertiary/aromatic N) is 3. The molecule has 0 aliphatic carbocycles. The number of rotatable bonds is 9. The fraction of sp³-hybridized carbons (Fsp3) is 0.400. The molecule has 0 saturated carbocycles. The van der Waals surface area contributed by atoms with Crippen molar-refractivity contribution in [2.75, 3.05) is 60.5 Å². The lowest BCUT2D eigenvalue weighted by Gasteiger charge is -2.34. The van der Waals surface area contributed by atoms with E-state index in [1.807, 2.05) is 31.3 Å². The standard InChI is InChI=1S/C25H33N3O3/c1-26(19-22-11-12-23(30-2)24(18-22)31-3)25(29)20-28-16-14-27(15-17-28)13-7-10-21-8-5-4-6-9-21/h4-12,18H,13-17,19-20H2,1-3H3/b10-7+. The van der Waals surface area contributed by atoms with E-state index in [-0.39, 0.29) is 5.91 Å². The lowest BCUT2D eigenvalue weighted by atomic mass is 10.2. The molecule has 1 aliphatic heterocycles. The van der Waals surface area contributed by atoms with Crippen molar-refractivity contribution in [3.63, 3.8) is 0 Å². The van der Waals surface area contributed by atoms with Gasteiger partial charge in [-0.3, -0.25) is 14.6 Å². The summed E-state index contributed by atoms with van der Waals surface area (Å²) >= 11 is 0. The Morgan fingerprint density at radius 3 is 2.32 bits per heavy atom. The molecular formula is C25H33N3O3. The summed E-state index contributed by atoms with van der Waals surface area (Å²) in [6, 6.07) is 16.1. The van der Waals surface area contributed by atoms with Gasteiger partial charge in [0.2, 0.25) is 5.91 Å². The molecule has 166 valence electrons. The molecule has 0 aromatic heterocycles. The Bertz CT molecular complexity index is 862. The van der Waals surface area contributed by atoms with Crippen molar-refractivity contribution in [1.82, 2.24) is 14.7 Å². The molecule has 0 atom stereocenters. The summed E-state index contributed by atoms with van der Waals surface area (Å²) in [5, 5.41) is 0. The van der Waals surface area contributed by atoms with Crippen LogP contribution in [0, 0.1) is 0 Å². The highest BCUT2D eigenvalue weighted by Gasteiger charge is 2.20. The summed E-state index contributed by atoms with van der Waals surface area (Å²) in [5.41, 5.74) is 2.24. The highest BCUT2D eigenvalue weighted by Crippen LogP contribution is 2.27. The number of likely N-dealkylation sites (N-methyl/N-ethyl adjacent to an activating group) is 1. The smallest absolute Gasteiger partial charge is 0.236 e. The Hall–Kier alpha value is -2.83. The first-order chi connectivity index (χ1) is 15.1. The molecule has 1 fully saturated rings. The third kappa shape index (κ3) is 6.84. The molecule has 0 spiro atoms. The molecule has 2 aromatic carbocycles. The van der Waals surface area contributed by atoms with Crippen molar-refractivity contribution < 1.29 is 14.3 Å². The second-order valence-electron chi connectivity index (χ2n) is 7.83. The highest BCUT2D eigenvalue weighted by molar-refractivity contribution is 5.78. The van der Waals surface area contributed by atoms with Gasteiger partial charge in [0.1, 0.15) is 0 Å². The van der Waals surface area contributed by atoms with Gasteiger partial charge in [-0.15, -0.1) is 0 Å². The van der Waals surface area contributed by atoms with E-state index in [1.165, 1.54) is 5.56 Å². The number of carbonyl (C=O) groups excluding carboxylic acids is 1. The number of piperazine rings is 1. The van der Waals surface area contributed by atoms with Gasteiger partial charge in [0.15, 0.2) is 11.5 Å². The number of benzene rings is 2. The van der Waals surface area contributed by atoms with Crippen molar-refractivity contribution in [2.45, 2.75) is 6.54 Å². The topological polar surface area (TPSA) is 45.2 Å². The Morgan fingerprint density at radius 1 is 0.968 bits per heavy atom. The van der Waals surface area contributed by atoms with Crippen LogP contribution >= 0.6 is 0 Å². The fourth-order valence-corrected chi connectivity index (χ4v) is 3.69. The van der Waals surface area contributed by atoms with Crippen LogP contribution in [-0.4, -0.2) is 81.1 Å². The van der Waals surface area contributed by atoms with Crippen LogP contribution in [0.5, 0.6) is 11.5 Å². The molecule has 1 heterocycles. The average molecular weight is 424 g/mol. The van der Waals surface area contributed by atoms with E-state index in [0.717, 1.165) is 38.3 Å². The third-order valence-electron chi connectivity index (χ3n) is 5.59. The molecule has 1 aliphatic rings. The third-order valence-corrected chi connectivity index (χ3v) is 5.59. The van der Waals surface area contributed by atoms with E-state index in [2.05, 4.69) is 46.2 Å². The largest absolute Gasteiger partial charge is 0.493 e. The van der Waals surface area contributed by atoms with Crippen molar-refractivity contribution in [1.29, 1.82) is 0 Å². The highest BCUT2D eigenvalue weighted by atomic mass is 16.5. The summed E-state index contributed by atoms with van der Waals surface area (Å²) in [5.74, 6) is 1.50. The van der Waals surface area contributed by atoms with Crippen LogP contribution < -0.4 is 9.47 Å². The Balaban J connectivity index is 1.41. The van der Waals surface area contributed by atoms with Crippen molar-refractivity contribution in [3.8, 4) is 11.5 Å². The number of methoxy groups -OCH3 is 2. The molecule has 6 nitrogen and oxygen atoms in total. The molecule has 1 amide bonds. The number of amides is 1. The van der Waals surface area contributed by atoms with Gasteiger partial charge >= 0.3 is 0 Å². The minimum atomic E-state index is 0.132. The van der Waals surface area contributed by atoms with Crippen LogP contribution in [0.2, 0.25) is 0 Å². The van der Waals surface area contributed by atoms with Crippen LogP contribution in [-0.2, 0) is 11.3 Å². The molecule has 3 rings (SSSR count). The van der Waals surface area contributed by atoms with Gasteiger partial charge in [-0.1, -0.05) is 48.6 Å². The maximum Gasteiger partial charge on any atom is 0.236 e. The lowest BCUT2D eigenvalue weighted by molar-refractivity contribution is -0.132. The second-order valence-corrected chi connectivity index (χ2v) is 7.83. The van der Waals surface area contributed by atoms with Crippen LogP contribution in [0.15, 0.2) is 54.6 Å². The van der Waals surface area contributed by atoms with Crippen LogP contribution in [0.4, 0.5) is 0 Å². The molecule has 6 heteroatoms. The predicted molar refractivity (Wildman–Crippen MR) is 124 cm³/mol. The SMILES string of the molecule is COc1ccc(CN(C)C(=O)CN2CCN(C/C=C/c3ccccc3)CC2)cc1OC. The molecule has 0 bridgehead atoms. The van der Waals surface area contributed by atoms with Crippen molar-refractivity contribution in [2.24, 2.45) is 0 Å². The number of hydrogen-bond donors (Lipinski definition) is 0. The van der Waals surface area contributed by atoms with Gasteiger partial charge in [-0.25, -0.2) is 0 Å². The Labute approximate surface area is 185 Å². The lowest BCUT2D eigenvalue weighted by Crippen LogP contribution is -2.49. The minimum absolute atomic E-state index is 0.132. The quantitative estimate of drug-likeness (QED) is 0.621. The van der Waals surface area contributed by atoms with E-state index in [0.29, 0.717) is 24.6 Å². The van der Waals surface area contributed by atoms with E-state index < -0.39 is 0 Å². The second kappa shape index (κ2) is 11.5. The molecule has 1 saturated heterocycles. The average Bonchev–Trinajstić information content (AvgIpc) is 2.80. The van der Waals surface area contributed by atoms with Gasteiger partial charge in [0.25, 0.3) is 0 Å². The summed E-state index contributed by atoms with van der Waals surface area (Å²) in [4.78, 5) is 19.1. The Morgan fingerprint density at radius 2 is 1.65 bits per heavy atom. The van der Waals surface area contributed by atoms with Gasteiger partial charge in [0.05, 0.1) is 20.8 Å². The van der Waals surface area contributed by atoms with Crippen LogP contribution in [0.25, 0.3) is 6.08 Å². The van der Waals surface area contributed by atoms with Crippen LogP contribution in [0.3, 0.4) is 0 Å². The number of carbonyl (C=O) groups is 1. The van der Waals surface area contributed by atoms with Gasteiger partial charge in [-0.2, -0.15) is 0 Å².